The van der Waals surface area contributed by atoms with E-state index in [0.717, 1.165) is 58.2 Å². The number of phenols is 1. The summed E-state index contributed by atoms with van der Waals surface area (Å²) in [6.45, 7) is 9.79. The van der Waals surface area contributed by atoms with E-state index in [1.54, 1.807) is 19.2 Å². The molecule has 0 aromatic heterocycles. The first-order valence-corrected chi connectivity index (χ1v) is 9.06. The molecule has 0 amide bonds. The zero-order valence-corrected chi connectivity index (χ0v) is 18.5. The molecule has 7 heteroatoms. The molecule has 1 aliphatic rings. The summed E-state index contributed by atoms with van der Waals surface area (Å²) in [6, 6.07) is 7.40. The molecule has 3 N–H and O–H groups in total. The second-order valence-corrected chi connectivity index (χ2v) is 7.03. The number of aliphatic imine (C=N–C) groups is 1. The molecule has 6 nitrogen and oxygen atoms in total. The lowest BCUT2D eigenvalue weighted by molar-refractivity contribution is -0.00833. The molecular formula is C19H33IN4O2. The van der Waals surface area contributed by atoms with Crippen LogP contribution in [-0.4, -0.2) is 67.9 Å². The molecular weight excluding hydrogens is 443 g/mol. The Morgan fingerprint density at radius 3 is 2.46 bits per heavy atom. The average molecular weight is 476 g/mol. The van der Waals surface area contributed by atoms with Crippen LogP contribution in [-0.2, 0) is 11.2 Å². The molecule has 1 aromatic rings. The largest absolute Gasteiger partial charge is 0.508 e. The van der Waals surface area contributed by atoms with Crippen molar-refractivity contribution >= 4 is 29.9 Å². The lowest BCUT2D eigenvalue weighted by Crippen LogP contribution is -2.56. The number of aromatic hydroxyl groups is 1. The van der Waals surface area contributed by atoms with Gasteiger partial charge in [-0.1, -0.05) is 12.1 Å². The monoisotopic (exact) mass is 476 g/mol. The highest BCUT2D eigenvalue weighted by Gasteiger charge is 2.28. The molecule has 1 saturated heterocycles. The van der Waals surface area contributed by atoms with Crippen molar-refractivity contribution in [2.24, 2.45) is 4.99 Å². The Morgan fingerprint density at radius 2 is 1.85 bits per heavy atom. The first-order chi connectivity index (χ1) is 12.0. The number of aryl methyl sites for hydroxylation is 1. The number of guanidine groups is 1. The smallest absolute Gasteiger partial charge is 0.191 e. The molecule has 1 heterocycles. The number of phenolic OH excluding ortho intramolecular Hbond substituents is 1. The highest BCUT2D eigenvalue weighted by molar-refractivity contribution is 14.0. The number of rotatable bonds is 7. The molecule has 1 fully saturated rings. The Morgan fingerprint density at radius 1 is 1.19 bits per heavy atom. The van der Waals surface area contributed by atoms with Crippen LogP contribution in [0.3, 0.4) is 0 Å². The van der Waals surface area contributed by atoms with Gasteiger partial charge < -0.3 is 20.5 Å². The maximum absolute atomic E-state index is 9.31. The van der Waals surface area contributed by atoms with Crippen molar-refractivity contribution in [2.45, 2.75) is 32.2 Å². The highest BCUT2D eigenvalue weighted by atomic mass is 127. The van der Waals surface area contributed by atoms with Crippen molar-refractivity contribution in [1.82, 2.24) is 15.5 Å². The summed E-state index contributed by atoms with van der Waals surface area (Å²) >= 11 is 0. The lowest BCUT2D eigenvalue weighted by atomic mass is 10.0. The summed E-state index contributed by atoms with van der Waals surface area (Å²) in [7, 11) is 1.80. The summed E-state index contributed by atoms with van der Waals surface area (Å²) in [4.78, 5) is 6.77. The third-order valence-corrected chi connectivity index (χ3v) is 4.65. The molecule has 0 saturated carbocycles. The second kappa shape index (κ2) is 11.6. The van der Waals surface area contributed by atoms with Gasteiger partial charge in [-0.05, 0) is 44.4 Å². The van der Waals surface area contributed by atoms with Gasteiger partial charge in [0.2, 0.25) is 0 Å². The average Bonchev–Trinajstić information content (AvgIpc) is 2.63. The van der Waals surface area contributed by atoms with Crippen LogP contribution >= 0.6 is 24.0 Å². The number of nitrogens with zero attached hydrogens (tertiary/aromatic N) is 2. The Hall–Kier alpha value is -1.06. The van der Waals surface area contributed by atoms with Crippen LogP contribution in [0.15, 0.2) is 29.3 Å². The van der Waals surface area contributed by atoms with Gasteiger partial charge >= 0.3 is 0 Å². The SMILES string of the molecule is CN=C(NCCCc1ccc(O)cc1)NCC(C)(C)N1CCOCC1.I. The van der Waals surface area contributed by atoms with E-state index >= 15 is 0 Å². The van der Waals surface area contributed by atoms with Gasteiger partial charge in [-0.2, -0.15) is 0 Å². The van der Waals surface area contributed by atoms with Crippen LogP contribution in [0.1, 0.15) is 25.8 Å². The molecule has 0 bridgehead atoms. The number of ether oxygens (including phenoxy) is 1. The number of hydrogen-bond acceptors (Lipinski definition) is 4. The van der Waals surface area contributed by atoms with Gasteiger partial charge in [0.05, 0.1) is 13.2 Å². The molecule has 26 heavy (non-hydrogen) atoms. The number of morpholine rings is 1. The first-order valence-electron chi connectivity index (χ1n) is 9.06. The molecule has 0 unspecified atom stereocenters. The van der Waals surface area contributed by atoms with Gasteiger partial charge in [0, 0.05) is 38.8 Å². The van der Waals surface area contributed by atoms with Crippen molar-refractivity contribution in [1.29, 1.82) is 0 Å². The van der Waals surface area contributed by atoms with E-state index in [4.69, 9.17) is 4.74 Å². The standard InChI is InChI=1S/C19H32N4O2.HI/c1-19(2,23-11-13-25-14-12-23)15-22-18(20-3)21-10-4-5-16-6-8-17(24)9-7-16;/h6-9,24H,4-5,10-15H2,1-3H3,(H2,20,21,22);1H. The number of benzene rings is 1. The number of halogens is 1. The molecule has 2 rings (SSSR count). The number of hydrogen-bond donors (Lipinski definition) is 3. The van der Waals surface area contributed by atoms with E-state index < -0.39 is 0 Å². The quantitative estimate of drug-likeness (QED) is 0.244. The maximum Gasteiger partial charge on any atom is 0.191 e. The van der Waals surface area contributed by atoms with E-state index in [-0.39, 0.29) is 29.5 Å². The second-order valence-electron chi connectivity index (χ2n) is 7.03. The van der Waals surface area contributed by atoms with Crippen molar-refractivity contribution in [3.63, 3.8) is 0 Å². The van der Waals surface area contributed by atoms with Gasteiger partial charge in [-0.25, -0.2) is 0 Å². The molecule has 0 atom stereocenters. The lowest BCUT2D eigenvalue weighted by Gasteiger charge is -2.41. The van der Waals surface area contributed by atoms with Gasteiger partial charge in [0.25, 0.3) is 0 Å². The summed E-state index contributed by atoms with van der Waals surface area (Å²) in [5.41, 5.74) is 1.30. The predicted molar refractivity (Wildman–Crippen MR) is 118 cm³/mol. The third kappa shape index (κ3) is 7.67. The van der Waals surface area contributed by atoms with Gasteiger partial charge in [-0.3, -0.25) is 9.89 Å². The van der Waals surface area contributed by atoms with E-state index in [9.17, 15) is 5.11 Å². The fraction of sp³-hybridized carbons (Fsp3) is 0.632. The first kappa shape index (κ1) is 23.0. The maximum atomic E-state index is 9.31. The summed E-state index contributed by atoms with van der Waals surface area (Å²) in [6.07, 6.45) is 1.99. The minimum absolute atomic E-state index is 0. The Kier molecular flexibility index (Phi) is 10.3. The molecule has 1 aliphatic heterocycles. The van der Waals surface area contributed by atoms with Crippen molar-refractivity contribution in [2.75, 3.05) is 46.4 Å². The van der Waals surface area contributed by atoms with E-state index in [1.165, 1.54) is 5.56 Å². The van der Waals surface area contributed by atoms with Crippen LogP contribution in [0.5, 0.6) is 5.75 Å². The van der Waals surface area contributed by atoms with Crippen molar-refractivity contribution in [3.05, 3.63) is 29.8 Å². The molecule has 1 aromatic carbocycles. The zero-order valence-electron chi connectivity index (χ0n) is 16.1. The van der Waals surface area contributed by atoms with Crippen LogP contribution in [0.4, 0.5) is 0 Å². The minimum atomic E-state index is 0. The van der Waals surface area contributed by atoms with Crippen LogP contribution in [0, 0.1) is 0 Å². The number of nitrogens with one attached hydrogen (secondary N) is 2. The van der Waals surface area contributed by atoms with Gasteiger partial charge in [0.1, 0.15) is 5.75 Å². The normalized spacial score (nSPS) is 16.0. The molecule has 0 radical (unpaired) electrons. The van der Waals surface area contributed by atoms with Gasteiger partial charge in [-0.15, -0.1) is 24.0 Å². The van der Waals surface area contributed by atoms with Crippen LogP contribution < -0.4 is 10.6 Å². The Balaban J connectivity index is 0.00000338. The summed E-state index contributed by atoms with van der Waals surface area (Å²) < 4.78 is 5.44. The van der Waals surface area contributed by atoms with E-state index in [1.807, 2.05) is 12.1 Å². The van der Waals surface area contributed by atoms with E-state index in [2.05, 4.69) is 34.4 Å². The highest BCUT2D eigenvalue weighted by Crippen LogP contribution is 2.15. The summed E-state index contributed by atoms with van der Waals surface area (Å²) in [5, 5.41) is 16.1. The Labute approximate surface area is 174 Å². The van der Waals surface area contributed by atoms with Gasteiger partial charge in [0.15, 0.2) is 5.96 Å². The minimum Gasteiger partial charge on any atom is -0.508 e. The van der Waals surface area contributed by atoms with E-state index in [0.29, 0.717) is 5.75 Å². The third-order valence-electron chi connectivity index (χ3n) is 4.65. The van der Waals surface area contributed by atoms with Crippen LogP contribution in [0.2, 0.25) is 0 Å². The molecule has 148 valence electrons. The van der Waals surface area contributed by atoms with Crippen molar-refractivity contribution in [3.8, 4) is 5.75 Å². The fourth-order valence-corrected chi connectivity index (χ4v) is 2.96. The van der Waals surface area contributed by atoms with Crippen molar-refractivity contribution < 1.29 is 9.84 Å². The topological polar surface area (TPSA) is 69.1 Å². The Bertz CT molecular complexity index is 543. The zero-order chi connectivity index (χ0) is 18.1. The fourth-order valence-electron chi connectivity index (χ4n) is 2.96. The van der Waals surface area contributed by atoms with Crippen LogP contribution in [0.25, 0.3) is 0 Å². The molecule has 0 aliphatic carbocycles. The summed E-state index contributed by atoms with van der Waals surface area (Å²) in [5.74, 6) is 1.15. The predicted octanol–water partition coefficient (Wildman–Crippen LogP) is 2.22. The molecule has 0 spiro atoms.